The van der Waals surface area contributed by atoms with Crippen molar-refractivity contribution in [2.75, 3.05) is 0 Å². The van der Waals surface area contributed by atoms with E-state index in [-0.39, 0.29) is 16.8 Å². The van der Waals surface area contributed by atoms with Crippen LogP contribution in [-0.2, 0) is 13.5 Å². The van der Waals surface area contributed by atoms with E-state index in [1.54, 1.807) is 0 Å². The number of aryl methyl sites for hydroxylation is 1. The maximum atomic E-state index is 12.0. The van der Waals surface area contributed by atoms with Gasteiger partial charge in [0.25, 0.3) is 0 Å². The minimum Gasteiger partial charge on any atom is -0.347 e. The average molecular weight is 399 g/mol. The minimum absolute atomic E-state index is 0.0190. The number of hydrogen-bond acceptors (Lipinski definition) is 2. The van der Waals surface area contributed by atoms with Crippen molar-refractivity contribution in [3.63, 3.8) is 0 Å². The smallest absolute Gasteiger partial charge is 0.226 e. The second-order valence-corrected chi connectivity index (χ2v) is 7.84. The van der Waals surface area contributed by atoms with E-state index in [1.807, 2.05) is 43.3 Å². The molecule has 2 aromatic carbocycles. The highest BCUT2D eigenvalue weighted by atomic mass is 79.9. The molecule has 3 aromatic rings. The molecule has 0 spiro atoms. The maximum Gasteiger partial charge on any atom is 0.226 e. The van der Waals surface area contributed by atoms with E-state index < -0.39 is 6.04 Å². The topological polar surface area (TPSA) is 48.1 Å². The van der Waals surface area contributed by atoms with Gasteiger partial charge in [-0.25, -0.2) is 0 Å². The van der Waals surface area contributed by atoms with Crippen molar-refractivity contribution >= 4 is 26.8 Å². The van der Waals surface area contributed by atoms with Crippen molar-refractivity contribution in [1.29, 1.82) is 0 Å². The molecule has 0 fully saturated rings. The Labute approximate surface area is 154 Å². The summed E-state index contributed by atoms with van der Waals surface area (Å²) in [5.74, 6) is -0.258. The molecule has 25 heavy (non-hydrogen) atoms. The molecule has 4 nitrogen and oxygen atoms in total. The van der Waals surface area contributed by atoms with E-state index in [0.717, 1.165) is 32.9 Å². The van der Waals surface area contributed by atoms with Crippen molar-refractivity contribution in [3.8, 4) is 0 Å². The van der Waals surface area contributed by atoms with Gasteiger partial charge in [-0.3, -0.25) is 10.1 Å². The molecular formula is C20H19BrN2O2. The van der Waals surface area contributed by atoms with Gasteiger partial charge in [0.1, 0.15) is 0 Å². The molecule has 4 rings (SSSR count). The lowest BCUT2D eigenvalue weighted by Gasteiger charge is -2.32. The van der Waals surface area contributed by atoms with E-state index in [2.05, 4.69) is 39.7 Å². The molecule has 0 bridgehead atoms. The van der Waals surface area contributed by atoms with Crippen molar-refractivity contribution in [2.24, 2.45) is 13.0 Å². The standard InChI is InChI=1S/C20H19BrN2O2/c1-12-10-17-19(15-8-3-4-9-16(15)22(17)2)18(20(12)23(24)25)13-6-5-7-14(21)11-13/h3-9,11-12,18,20H,10H2,1-2H3/t12-,18+,20-/m0/s1. The zero-order valence-corrected chi connectivity index (χ0v) is 15.7. The number of para-hydroxylation sites is 1. The third-order valence-corrected chi connectivity index (χ3v) is 5.97. The zero-order chi connectivity index (χ0) is 17.7. The van der Waals surface area contributed by atoms with Crippen LogP contribution in [0.5, 0.6) is 0 Å². The molecule has 3 atom stereocenters. The van der Waals surface area contributed by atoms with Crippen molar-refractivity contribution in [2.45, 2.75) is 25.3 Å². The number of nitrogens with zero attached hydrogens (tertiary/aromatic N) is 2. The first kappa shape index (κ1) is 16.3. The van der Waals surface area contributed by atoms with E-state index in [9.17, 15) is 10.1 Å². The molecule has 0 amide bonds. The highest BCUT2D eigenvalue weighted by Crippen LogP contribution is 2.45. The Morgan fingerprint density at radius 2 is 1.96 bits per heavy atom. The van der Waals surface area contributed by atoms with Crippen LogP contribution < -0.4 is 0 Å². The maximum absolute atomic E-state index is 12.0. The zero-order valence-electron chi connectivity index (χ0n) is 14.1. The summed E-state index contributed by atoms with van der Waals surface area (Å²) in [6.07, 6.45) is 0.733. The quantitative estimate of drug-likeness (QED) is 0.454. The first-order valence-electron chi connectivity index (χ1n) is 8.44. The highest BCUT2D eigenvalue weighted by Gasteiger charge is 2.45. The summed E-state index contributed by atoms with van der Waals surface area (Å²) < 4.78 is 3.16. The van der Waals surface area contributed by atoms with E-state index in [0.29, 0.717) is 0 Å². The van der Waals surface area contributed by atoms with E-state index >= 15 is 0 Å². The summed E-state index contributed by atoms with van der Waals surface area (Å²) in [5.41, 5.74) is 4.48. The Balaban J connectivity index is 2.05. The number of benzene rings is 2. The van der Waals surface area contributed by atoms with Crippen molar-refractivity contribution in [3.05, 3.63) is 79.9 Å². The van der Waals surface area contributed by atoms with Gasteiger partial charge in [-0.1, -0.05) is 53.2 Å². The fraction of sp³-hybridized carbons (Fsp3) is 0.300. The van der Waals surface area contributed by atoms with Gasteiger partial charge in [0, 0.05) is 39.0 Å². The van der Waals surface area contributed by atoms with Gasteiger partial charge in [0.15, 0.2) is 0 Å². The van der Waals surface area contributed by atoms with Crippen LogP contribution >= 0.6 is 15.9 Å². The predicted octanol–water partition coefficient (Wildman–Crippen LogP) is 4.91. The van der Waals surface area contributed by atoms with Crippen LogP contribution in [0, 0.1) is 16.0 Å². The largest absolute Gasteiger partial charge is 0.347 e. The lowest BCUT2D eigenvalue weighted by atomic mass is 9.72. The summed E-state index contributed by atoms with van der Waals surface area (Å²) in [5, 5.41) is 13.1. The number of hydrogen-bond donors (Lipinski definition) is 0. The summed E-state index contributed by atoms with van der Waals surface area (Å²) in [4.78, 5) is 11.9. The molecule has 0 radical (unpaired) electrons. The predicted molar refractivity (Wildman–Crippen MR) is 103 cm³/mol. The van der Waals surface area contributed by atoms with Gasteiger partial charge in [-0.2, -0.15) is 0 Å². The molecule has 1 aromatic heterocycles. The first-order chi connectivity index (χ1) is 12.0. The SMILES string of the molecule is C[C@H]1Cc2c(c3ccccc3n2C)[C@@H](c2cccc(Br)c2)[C@H]1[N+](=O)[O-]. The molecule has 0 saturated carbocycles. The van der Waals surface area contributed by atoms with Crippen LogP contribution in [0.25, 0.3) is 10.9 Å². The monoisotopic (exact) mass is 398 g/mol. The second-order valence-electron chi connectivity index (χ2n) is 6.93. The van der Waals surface area contributed by atoms with Gasteiger partial charge in [0.05, 0.1) is 5.92 Å². The average Bonchev–Trinajstić information content (AvgIpc) is 2.86. The summed E-state index contributed by atoms with van der Waals surface area (Å²) >= 11 is 3.52. The fourth-order valence-corrected chi connectivity index (χ4v) is 4.80. The molecule has 128 valence electrons. The molecule has 0 saturated heterocycles. The molecule has 0 N–H and O–H groups in total. The van der Waals surface area contributed by atoms with Crippen LogP contribution in [-0.4, -0.2) is 15.5 Å². The van der Waals surface area contributed by atoms with Crippen molar-refractivity contribution < 1.29 is 4.92 Å². The molecular weight excluding hydrogens is 380 g/mol. The Morgan fingerprint density at radius 3 is 2.68 bits per heavy atom. The number of fused-ring (bicyclic) bond motifs is 3. The summed E-state index contributed by atoms with van der Waals surface area (Å²) in [6.45, 7) is 2.00. The van der Waals surface area contributed by atoms with Crippen molar-refractivity contribution in [1.82, 2.24) is 4.57 Å². The van der Waals surface area contributed by atoms with Gasteiger partial charge in [-0.05, 0) is 35.7 Å². The Bertz CT molecular complexity index is 979. The lowest BCUT2D eigenvalue weighted by Crippen LogP contribution is -2.39. The third kappa shape index (κ3) is 2.49. The van der Waals surface area contributed by atoms with E-state index in [4.69, 9.17) is 0 Å². The van der Waals surface area contributed by atoms with Crippen LogP contribution in [0.15, 0.2) is 53.0 Å². The van der Waals surface area contributed by atoms with Gasteiger partial charge >= 0.3 is 0 Å². The molecule has 1 aliphatic carbocycles. The Hall–Kier alpha value is -2.14. The second kappa shape index (κ2) is 5.99. The third-order valence-electron chi connectivity index (χ3n) is 5.47. The molecule has 0 unspecified atom stereocenters. The number of halogens is 1. The van der Waals surface area contributed by atoms with Gasteiger partial charge < -0.3 is 4.57 Å². The highest BCUT2D eigenvalue weighted by molar-refractivity contribution is 9.10. The van der Waals surface area contributed by atoms with Crippen LogP contribution in [0.2, 0.25) is 0 Å². The number of nitro groups is 1. The van der Waals surface area contributed by atoms with Crippen LogP contribution in [0.4, 0.5) is 0 Å². The van der Waals surface area contributed by atoms with E-state index in [1.165, 1.54) is 5.69 Å². The Morgan fingerprint density at radius 1 is 1.20 bits per heavy atom. The number of aromatic nitrogens is 1. The molecule has 1 aliphatic rings. The Kier molecular flexibility index (Phi) is 3.91. The normalized spacial score (nSPS) is 22.8. The summed E-state index contributed by atoms with van der Waals surface area (Å²) in [6, 6.07) is 15.6. The fourth-order valence-electron chi connectivity index (χ4n) is 4.39. The molecule has 0 aliphatic heterocycles. The first-order valence-corrected chi connectivity index (χ1v) is 9.23. The lowest BCUT2D eigenvalue weighted by molar-refractivity contribution is -0.535. The minimum atomic E-state index is -0.618. The van der Waals surface area contributed by atoms with Crippen LogP contribution in [0.1, 0.15) is 29.7 Å². The van der Waals surface area contributed by atoms with Gasteiger partial charge in [0.2, 0.25) is 6.04 Å². The molecule has 1 heterocycles. The number of rotatable bonds is 2. The summed E-state index contributed by atoms with van der Waals surface area (Å²) in [7, 11) is 2.07. The molecule has 5 heteroatoms. The van der Waals surface area contributed by atoms with Crippen LogP contribution in [0.3, 0.4) is 0 Å². The van der Waals surface area contributed by atoms with Gasteiger partial charge in [-0.15, -0.1) is 0 Å².